The number of sulfone groups is 1. The van der Waals surface area contributed by atoms with Crippen LogP contribution < -0.4 is 14.8 Å². The highest BCUT2D eigenvalue weighted by molar-refractivity contribution is 7.91. The van der Waals surface area contributed by atoms with Crippen LogP contribution in [0.1, 0.15) is 40.7 Å². The van der Waals surface area contributed by atoms with Gasteiger partial charge in [-0.15, -0.1) is 0 Å². The topological polar surface area (TPSA) is 108 Å². The second-order valence-corrected chi connectivity index (χ2v) is 13.0. The van der Waals surface area contributed by atoms with Crippen molar-refractivity contribution in [3.05, 3.63) is 101 Å². The lowest BCUT2D eigenvalue weighted by atomic mass is 9.93. The van der Waals surface area contributed by atoms with E-state index in [4.69, 9.17) is 14.2 Å². The third-order valence-corrected chi connectivity index (χ3v) is 9.69. The highest BCUT2D eigenvalue weighted by Crippen LogP contribution is 2.36. The van der Waals surface area contributed by atoms with E-state index < -0.39 is 22.0 Å². The Labute approximate surface area is 257 Å². The van der Waals surface area contributed by atoms with Crippen molar-refractivity contribution in [2.24, 2.45) is 0 Å². The van der Waals surface area contributed by atoms with E-state index in [2.05, 4.69) is 38.2 Å². The first-order valence-electron chi connectivity index (χ1n) is 14.3. The van der Waals surface area contributed by atoms with Crippen LogP contribution >= 0.6 is 0 Å². The number of aryl methyl sites for hydroxylation is 3. The Hall–Kier alpha value is -4.63. The van der Waals surface area contributed by atoms with Crippen molar-refractivity contribution in [1.29, 1.82) is 0 Å². The van der Waals surface area contributed by atoms with E-state index in [-0.39, 0.29) is 22.1 Å². The number of ether oxygens (including phenoxy) is 3. The van der Waals surface area contributed by atoms with Crippen molar-refractivity contribution in [3.63, 3.8) is 0 Å². The van der Waals surface area contributed by atoms with E-state index in [0.29, 0.717) is 35.7 Å². The molecule has 4 aromatic carbocycles. The van der Waals surface area contributed by atoms with Gasteiger partial charge in [-0.2, -0.15) is 0 Å². The largest absolute Gasteiger partial charge is 0.497 e. The molecule has 1 amide bonds. The molecule has 1 heterocycles. The summed E-state index contributed by atoms with van der Waals surface area (Å²) in [6, 6.07) is 20.5. The normalized spacial score (nSPS) is 14.7. The van der Waals surface area contributed by atoms with Crippen molar-refractivity contribution in [2.75, 3.05) is 7.11 Å². The average Bonchev–Trinajstić information content (AvgIpc) is 3.41. The van der Waals surface area contributed by atoms with Gasteiger partial charge < -0.3 is 19.5 Å². The molecule has 8 nitrogen and oxygen atoms in total. The second-order valence-electron chi connectivity index (χ2n) is 11.0. The summed E-state index contributed by atoms with van der Waals surface area (Å²) in [5.74, 6) is 0.819. The summed E-state index contributed by atoms with van der Waals surface area (Å²) in [6.07, 6.45) is 0.0217. The lowest BCUT2D eigenvalue weighted by Gasteiger charge is -2.18. The van der Waals surface area contributed by atoms with E-state index in [0.717, 1.165) is 16.7 Å². The number of hydrogen-bond acceptors (Lipinski definition) is 7. The maximum absolute atomic E-state index is 13.2. The fourth-order valence-corrected chi connectivity index (χ4v) is 6.48. The van der Waals surface area contributed by atoms with Crippen molar-refractivity contribution >= 4 is 21.7 Å². The zero-order valence-electron chi connectivity index (χ0n) is 25.4. The molecule has 0 saturated carbocycles. The summed E-state index contributed by atoms with van der Waals surface area (Å²) >= 11 is 0. The van der Waals surface area contributed by atoms with Crippen LogP contribution in [0.25, 0.3) is 11.1 Å². The van der Waals surface area contributed by atoms with Gasteiger partial charge in [0.05, 0.1) is 23.3 Å². The molecule has 0 radical (unpaired) electrons. The highest BCUT2D eigenvalue weighted by atomic mass is 32.2. The first-order valence-corrected chi connectivity index (χ1v) is 15.8. The molecule has 44 heavy (non-hydrogen) atoms. The van der Waals surface area contributed by atoms with E-state index >= 15 is 0 Å². The van der Waals surface area contributed by atoms with Gasteiger partial charge in [0, 0.05) is 18.4 Å². The summed E-state index contributed by atoms with van der Waals surface area (Å²) in [5.41, 5.74) is 6.92. The Kier molecular flexibility index (Phi) is 8.78. The third kappa shape index (κ3) is 6.63. The molecule has 0 aliphatic carbocycles. The van der Waals surface area contributed by atoms with Gasteiger partial charge >= 0.3 is 5.97 Å². The fourth-order valence-electron chi connectivity index (χ4n) is 5.22. The molecule has 1 aliphatic heterocycles. The van der Waals surface area contributed by atoms with Crippen LogP contribution in [0, 0.1) is 27.7 Å². The standard InChI is InChI=1S/C35H35NO7S/c1-21-16-25(17-22(2)24(21)4)26-18-23(3)35(27(19-26)20-34(38)43-33-15-14-32(37)36-33)42-29-8-12-31(13-9-29)44(39,40)30-10-6-28(41-5)7-11-30/h6-13,16-19,33H,14-15,20H2,1-5H3,(H,36,37). The average molecular weight is 614 g/mol. The molecule has 0 bridgehead atoms. The number of rotatable bonds is 9. The number of carbonyl (C=O) groups excluding carboxylic acids is 2. The predicted octanol–water partition coefficient (Wildman–Crippen LogP) is 6.54. The maximum Gasteiger partial charge on any atom is 0.312 e. The maximum atomic E-state index is 13.2. The Morgan fingerprint density at radius 2 is 1.36 bits per heavy atom. The van der Waals surface area contributed by atoms with Crippen LogP contribution in [-0.2, 0) is 30.6 Å². The quantitative estimate of drug-likeness (QED) is 0.214. The van der Waals surface area contributed by atoms with Crippen molar-refractivity contribution in [3.8, 4) is 28.4 Å². The first kappa shape index (κ1) is 30.8. The van der Waals surface area contributed by atoms with Gasteiger partial charge in [0.25, 0.3) is 0 Å². The SMILES string of the molecule is COc1ccc(S(=O)(=O)c2ccc(Oc3c(C)cc(-c4cc(C)c(C)c(C)c4)cc3CC(=O)OC3CCC(=O)N3)cc2)cc1. The number of methoxy groups -OCH3 is 1. The zero-order chi connectivity index (χ0) is 31.6. The van der Waals surface area contributed by atoms with Crippen LogP contribution in [0.4, 0.5) is 0 Å². The van der Waals surface area contributed by atoms with Gasteiger partial charge in [-0.05, 0) is 122 Å². The summed E-state index contributed by atoms with van der Waals surface area (Å²) in [4.78, 5) is 24.9. The minimum Gasteiger partial charge on any atom is -0.497 e. The van der Waals surface area contributed by atoms with Gasteiger partial charge in [-0.3, -0.25) is 9.59 Å². The molecular weight excluding hydrogens is 578 g/mol. The molecule has 228 valence electrons. The molecule has 1 N–H and O–H groups in total. The summed E-state index contributed by atoms with van der Waals surface area (Å²) in [5, 5.41) is 2.66. The second kappa shape index (κ2) is 12.5. The summed E-state index contributed by atoms with van der Waals surface area (Å²) in [6.45, 7) is 8.14. The highest BCUT2D eigenvalue weighted by Gasteiger charge is 2.25. The Bertz CT molecular complexity index is 1810. The number of hydrogen-bond donors (Lipinski definition) is 1. The van der Waals surface area contributed by atoms with E-state index in [1.165, 1.54) is 48.1 Å². The minimum absolute atomic E-state index is 0.0792. The number of esters is 1. The van der Waals surface area contributed by atoms with E-state index in [1.807, 2.05) is 19.1 Å². The van der Waals surface area contributed by atoms with Gasteiger partial charge in [0.1, 0.15) is 17.2 Å². The van der Waals surface area contributed by atoms with E-state index in [1.54, 1.807) is 24.3 Å². The molecule has 9 heteroatoms. The minimum atomic E-state index is -3.75. The Morgan fingerprint density at radius 1 is 0.818 bits per heavy atom. The fraction of sp³-hybridized carbons (Fsp3) is 0.257. The van der Waals surface area contributed by atoms with Gasteiger partial charge in [0.2, 0.25) is 15.7 Å². The van der Waals surface area contributed by atoms with Crippen LogP contribution in [0.5, 0.6) is 17.2 Å². The Balaban J connectivity index is 1.46. The molecule has 1 fully saturated rings. The van der Waals surface area contributed by atoms with Crippen molar-refractivity contribution < 1.29 is 32.2 Å². The number of nitrogens with one attached hydrogen (secondary N) is 1. The van der Waals surface area contributed by atoms with Crippen LogP contribution in [0.3, 0.4) is 0 Å². The van der Waals surface area contributed by atoms with Gasteiger partial charge in [-0.1, -0.05) is 12.1 Å². The third-order valence-electron chi connectivity index (χ3n) is 7.90. The number of carbonyl (C=O) groups is 2. The molecule has 0 aromatic heterocycles. The zero-order valence-corrected chi connectivity index (χ0v) is 26.2. The molecule has 0 spiro atoms. The molecule has 5 rings (SSSR count). The molecule has 1 aliphatic rings. The van der Waals surface area contributed by atoms with Gasteiger partial charge in [-0.25, -0.2) is 8.42 Å². The molecule has 4 aromatic rings. The lowest BCUT2D eigenvalue weighted by molar-refractivity contribution is -0.149. The van der Waals surface area contributed by atoms with Crippen LogP contribution in [-0.4, -0.2) is 33.6 Å². The van der Waals surface area contributed by atoms with Crippen molar-refractivity contribution in [2.45, 2.75) is 63.0 Å². The number of benzene rings is 4. The van der Waals surface area contributed by atoms with Crippen LogP contribution in [0.15, 0.2) is 82.6 Å². The molecule has 1 atom stereocenters. The monoisotopic (exact) mass is 613 g/mol. The van der Waals surface area contributed by atoms with Gasteiger partial charge in [0.15, 0.2) is 6.23 Å². The Morgan fingerprint density at radius 3 is 1.91 bits per heavy atom. The summed E-state index contributed by atoms with van der Waals surface area (Å²) in [7, 11) is -2.23. The smallest absolute Gasteiger partial charge is 0.312 e. The number of amides is 1. The molecule has 1 unspecified atom stereocenters. The molecule has 1 saturated heterocycles. The lowest BCUT2D eigenvalue weighted by Crippen LogP contribution is -2.30. The predicted molar refractivity (Wildman–Crippen MR) is 167 cm³/mol. The molecular formula is C35H35NO7S. The van der Waals surface area contributed by atoms with Crippen molar-refractivity contribution in [1.82, 2.24) is 5.32 Å². The first-order chi connectivity index (χ1) is 20.9. The van der Waals surface area contributed by atoms with Crippen LogP contribution in [0.2, 0.25) is 0 Å². The summed E-state index contributed by atoms with van der Waals surface area (Å²) < 4.78 is 43.3. The van der Waals surface area contributed by atoms with E-state index in [9.17, 15) is 18.0 Å².